The lowest BCUT2D eigenvalue weighted by Gasteiger charge is -1.91. The van der Waals surface area contributed by atoms with Crippen molar-refractivity contribution in [2.75, 3.05) is 12.3 Å². The molecular formula is C8H12N4. The van der Waals surface area contributed by atoms with Crippen LogP contribution in [-0.4, -0.2) is 16.7 Å². The number of nitrogens with zero attached hydrogens (tertiary/aromatic N) is 2. The Morgan fingerprint density at radius 3 is 2.75 bits per heavy atom. The van der Waals surface area contributed by atoms with Gasteiger partial charge < -0.3 is 11.5 Å². The molecule has 1 aromatic heterocycles. The zero-order valence-electron chi connectivity index (χ0n) is 6.77. The number of nitrogen functional groups attached to an aromatic ring is 1. The van der Waals surface area contributed by atoms with E-state index in [0.717, 1.165) is 12.1 Å². The van der Waals surface area contributed by atoms with Crippen LogP contribution in [0.2, 0.25) is 0 Å². The number of anilines is 1. The molecule has 0 radical (unpaired) electrons. The van der Waals surface area contributed by atoms with E-state index >= 15 is 0 Å². The highest BCUT2D eigenvalue weighted by Crippen LogP contribution is 1.99. The van der Waals surface area contributed by atoms with Crippen LogP contribution < -0.4 is 11.5 Å². The summed E-state index contributed by atoms with van der Waals surface area (Å²) in [5, 5.41) is 7.55. The first-order valence-electron chi connectivity index (χ1n) is 3.79. The van der Waals surface area contributed by atoms with Gasteiger partial charge >= 0.3 is 0 Å². The largest absolute Gasteiger partial charge is 0.382 e. The summed E-state index contributed by atoms with van der Waals surface area (Å²) < 4.78 is 0. The van der Waals surface area contributed by atoms with Gasteiger partial charge in [0.2, 0.25) is 0 Å². The number of rotatable bonds is 3. The van der Waals surface area contributed by atoms with Gasteiger partial charge in [-0.3, -0.25) is 0 Å². The summed E-state index contributed by atoms with van der Waals surface area (Å²) in [6, 6.07) is 3.53. The first kappa shape index (κ1) is 8.67. The van der Waals surface area contributed by atoms with Gasteiger partial charge in [-0.05, 0) is 31.2 Å². The summed E-state index contributed by atoms with van der Waals surface area (Å²) in [6.07, 6.45) is 4.69. The van der Waals surface area contributed by atoms with Gasteiger partial charge in [0.15, 0.2) is 0 Å². The molecule has 4 heteroatoms. The molecule has 0 aromatic carbocycles. The molecule has 0 aliphatic heterocycles. The Hall–Kier alpha value is -1.42. The number of aromatic nitrogens is 2. The van der Waals surface area contributed by atoms with Crippen LogP contribution in [0.3, 0.4) is 0 Å². The molecule has 0 fully saturated rings. The second-order valence-electron chi connectivity index (χ2n) is 2.36. The molecule has 0 aliphatic rings. The number of nitrogens with two attached hydrogens (primary N) is 2. The third-order valence-electron chi connectivity index (χ3n) is 1.33. The minimum absolute atomic E-state index is 0.436. The van der Waals surface area contributed by atoms with Crippen molar-refractivity contribution in [3.05, 3.63) is 23.9 Å². The van der Waals surface area contributed by atoms with Crippen molar-refractivity contribution in [1.82, 2.24) is 10.2 Å². The van der Waals surface area contributed by atoms with Gasteiger partial charge in [-0.15, -0.1) is 10.2 Å². The predicted molar refractivity (Wildman–Crippen MR) is 49.1 cm³/mol. The fourth-order valence-corrected chi connectivity index (χ4v) is 0.742. The third-order valence-corrected chi connectivity index (χ3v) is 1.33. The van der Waals surface area contributed by atoms with Gasteiger partial charge in [0.25, 0.3) is 0 Å². The second kappa shape index (κ2) is 4.46. The smallest absolute Gasteiger partial charge is 0.146 e. The van der Waals surface area contributed by atoms with Gasteiger partial charge in [0.05, 0.1) is 5.69 Å². The zero-order chi connectivity index (χ0) is 8.81. The molecule has 1 aromatic rings. The lowest BCUT2D eigenvalue weighted by molar-refractivity contribution is 1.00. The van der Waals surface area contributed by atoms with Crippen molar-refractivity contribution < 1.29 is 0 Å². The standard InChI is InChI=1S/C8H12N4/c9-6-2-1-3-7-4-5-8(10)12-11-7/h1,3-5H,2,6,9H2,(H2,10,12). The third kappa shape index (κ3) is 2.67. The van der Waals surface area contributed by atoms with E-state index in [0.29, 0.717) is 12.4 Å². The molecule has 0 bridgehead atoms. The lowest BCUT2D eigenvalue weighted by Crippen LogP contribution is -1.95. The quantitative estimate of drug-likeness (QED) is 0.678. The summed E-state index contributed by atoms with van der Waals surface area (Å²) in [5.74, 6) is 0.436. The predicted octanol–water partition coefficient (Wildman–Crippen LogP) is 0.421. The molecule has 4 N–H and O–H groups in total. The molecule has 1 heterocycles. The number of hydrogen-bond donors (Lipinski definition) is 2. The molecule has 12 heavy (non-hydrogen) atoms. The molecule has 64 valence electrons. The Labute approximate surface area is 71.3 Å². The maximum atomic E-state index is 5.36. The van der Waals surface area contributed by atoms with E-state index in [1.54, 1.807) is 6.07 Å². The molecule has 4 nitrogen and oxygen atoms in total. The van der Waals surface area contributed by atoms with E-state index in [1.807, 2.05) is 18.2 Å². The minimum Gasteiger partial charge on any atom is -0.382 e. The molecule has 0 spiro atoms. The molecule has 0 aliphatic carbocycles. The Morgan fingerprint density at radius 1 is 1.33 bits per heavy atom. The topological polar surface area (TPSA) is 77.8 Å². The molecule has 0 atom stereocenters. The highest BCUT2D eigenvalue weighted by molar-refractivity contribution is 5.45. The summed E-state index contributed by atoms with van der Waals surface area (Å²) in [6.45, 7) is 0.652. The Balaban J connectivity index is 2.58. The highest BCUT2D eigenvalue weighted by atomic mass is 15.1. The normalized spacial score (nSPS) is 10.8. The van der Waals surface area contributed by atoms with E-state index in [-0.39, 0.29) is 0 Å². The van der Waals surface area contributed by atoms with Gasteiger partial charge in [0.1, 0.15) is 5.82 Å². The highest BCUT2D eigenvalue weighted by Gasteiger charge is 1.88. The summed E-state index contributed by atoms with van der Waals surface area (Å²) in [4.78, 5) is 0. The maximum Gasteiger partial charge on any atom is 0.146 e. The van der Waals surface area contributed by atoms with Crippen molar-refractivity contribution >= 4 is 11.9 Å². The molecule has 0 saturated carbocycles. The summed E-state index contributed by atoms with van der Waals surface area (Å²) in [7, 11) is 0. The van der Waals surface area contributed by atoms with Crippen LogP contribution in [-0.2, 0) is 0 Å². The monoisotopic (exact) mass is 164 g/mol. The van der Waals surface area contributed by atoms with E-state index < -0.39 is 0 Å². The Bertz CT molecular complexity index is 252. The van der Waals surface area contributed by atoms with E-state index in [2.05, 4.69) is 10.2 Å². The fraction of sp³-hybridized carbons (Fsp3) is 0.250. The average molecular weight is 164 g/mol. The van der Waals surface area contributed by atoms with Crippen LogP contribution >= 0.6 is 0 Å². The van der Waals surface area contributed by atoms with Gasteiger partial charge in [0, 0.05) is 0 Å². The fourth-order valence-electron chi connectivity index (χ4n) is 0.742. The Morgan fingerprint density at radius 2 is 2.17 bits per heavy atom. The summed E-state index contributed by atoms with van der Waals surface area (Å²) >= 11 is 0. The molecule has 0 amide bonds. The first-order chi connectivity index (χ1) is 5.83. The first-order valence-corrected chi connectivity index (χ1v) is 3.79. The number of hydrogen-bond acceptors (Lipinski definition) is 4. The van der Waals surface area contributed by atoms with Crippen molar-refractivity contribution in [3.63, 3.8) is 0 Å². The van der Waals surface area contributed by atoms with Crippen molar-refractivity contribution in [2.45, 2.75) is 6.42 Å². The van der Waals surface area contributed by atoms with Crippen LogP contribution in [0.5, 0.6) is 0 Å². The van der Waals surface area contributed by atoms with Crippen molar-refractivity contribution in [3.8, 4) is 0 Å². The average Bonchev–Trinajstić information content (AvgIpc) is 2.09. The van der Waals surface area contributed by atoms with Gasteiger partial charge in [-0.25, -0.2) is 0 Å². The second-order valence-corrected chi connectivity index (χ2v) is 2.36. The van der Waals surface area contributed by atoms with Crippen LogP contribution in [0, 0.1) is 0 Å². The van der Waals surface area contributed by atoms with Crippen LogP contribution in [0.25, 0.3) is 6.08 Å². The van der Waals surface area contributed by atoms with Crippen molar-refractivity contribution in [1.29, 1.82) is 0 Å². The van der Waals surface area contributed by atoms with Crippen LogP contribution in [0.4, 0.5) is 5.82 Å². The van der Waals surface area contributed by atoms with Crippen LogP contribution in [0.1, 0.15) is 12.1 Å². The van der Waals surface area contributed by atoms with Crippen LogP contribution in [0.15, 0.2) is 18.2 Å². The molecule has 0 saturated heterocycles. The summed E-state index contributed by atoms with van der Waals surface area (Å²) in [5.41, 5.74) is 11.5. The maximum absolute atomic E-state index is 5.36. The molecule has 0 unspecified atom stereocenters. The van der Waals surface area contributed by atoms with Gasteiger partial charge in [-0.1, -0.05) is 6.08 Å². The van der Waals surface area contributed by atoms with E-state index in [1.165, 1.54) is 0 Å². The van der Waals surface area contributed by atoms with Gasteiger partial charge in [-0.2, -0.15) is 0 Å². The van der Waals surface area contributed by atoms with E-state index in [4.69, 9.17) is 11.5 Å². The minimum atomic E-state index is 0.436. The molecular weight excluding hydrogens is 152 g/mol. The SMILES string of the molecule is NCCC=Cc1ccc(N)nn1. The van der Waals surface area contributed by atoms with Crippen molar-refractivity contribution in [2.24, 2.45) is 5.73 Å². The zero-order valence-corrected chi connectivity index (χ0v) is 6.77. The molecule has 1 rings (SSSR count). The van der Waals surface area contributed by atoms with E-state index in [9.17, 15) is 0 Å². The Kier molecular flexibility index (Phi) is 3.22. The lowest BCUT2D eigenvalue weighted by atomic mass is 10.3.